The highest BCUT2D eigenvalue weighted by Crippen LogP contribution is 2.30. The molecule has 0 saturated heterocycles. The lowest BCUT2D eigenvalue weighted by molar-refractivity contribution is -0.117. The highest BCUT2D eigenvalue weighted by molar-refractivity contribution is 5.96. The molecule has 1 saturated carbocycles. The number of aromatic amines is 1. The summed E-state index contributed by atoms with van der Waals surface area (Å²) >= 11 is 0. The number of H-pyrrole nitrogens is 1. The van der Waals surface area contributed by atoms with Gasteiger partial charge in [0.2, 0.25) is 5.91 Å². The van der Waals surface area contributed by atoms with E-state index in [0.717, 1.165) is 12.8 Å². The highest BCUT2D eigenvalue weighted by Gasteiger charge is 2.29. The van der Waals surface area contributed by atoms with E-state index in [1.807, 2.05) is 0 Å². The van der Waals surface area contributed by atoms with E-state index in [0.29, 0.717) is 18.0 Å². The van der Waals surface area contributed by atoms with Crippen molar-refractivity contribution in [1.29, 1.82) is 0 Å². The average molecular weight is 222 g/mol. The maximum absolute atomic E-state index is 11.4. The molecule has 5 nitrogen and oxygen atoms in total. The standard InChI is InChI=1S/C11H14N2O3/c1-2-16-11(15)9-5-8(6-12-9)13-10(14)7-3-4-7/h5-7,12H,2-4H2,1H3,(H,13,14). The first kappa shape index (κ1) is 10.7. The molecule has 1 aromatic heterocycles. The molecule has 1 aromatic rings. The lowest BCUT2D eigenvalue weighted by Crippen LogP contribution is -2.12. The minimum Gasteiger partial charge on any atom is -0.461 e. The molecule has 1 aliphatic rings. The Kier molecular flexibility index (Phi) is 2.94. The zero-order chi connectivity index (χ0) is 11.5. The molecular weight excluding hydrogens is 208 g/mol. The predicted octanol–water partition coefficient (Wildman–Crippen LogP) is 1.54. The molecule has 0 spiro atoms. The van der Waals surface area contributed by atoms with Crippen molar-refractivity contribution in [3.8, 4) is 0 Å². The highest BCUT2D eigenvalue weighted by atomic mass is 16.5. The number of carbonyl (C=O) groups is 2. The van der Waals surface area contributed by atoms with Crippen LogP contribution in [0.5, 0.6) is 0 Å². The predicted molar refractivity (Wildman–Crippen MR) is 58.1 cm³/mol. The Morgan fingerprint density at radius 3 is 2.94 bits per heavy atom. The van der Waals surface area contributed by atoms with Crippen LogP contribution in [0.2, 0.25) is 0 Å². The summed E-state index contributed by atoms with van der Waals surface area (Å²) in [6.07, 6.45) is 3.51. The van der Waals surface area contributed by atoms with E-state index in [2.05, 4.69) is 10.3 Å². The quantitative estimate of drug-likeness (QED) is 0.759. The molecule has 2 rings (SSSR count). The van der Waals surface area contributed by atoms with Crippen LogP contribution in [0.1, 0.15) is 30.3 Å². The molecule has 0 bridgehead atoms. The minimum atomic E-state index is -0.408. The number of esters is 1. The number of hydrogen-bond acceptors (Lipinski definition) is 3. The number of anilines is 1. The Balaban J connectivity index is 1.95. The van der Waals surface area contributed by atoms with Gasteiger partial charge < -0.3 is 15.0 Å². The zero-order valence-electron chi connectivity index (χ0n) is 9.08. The van der Waals surface area contributed by atoms with Gasteiger partial charge in [0, 0.05) is 12.1 Å². The van der Waals surface area contributed by atoms with Gasteiger partial charge in [0.15, 0.2) is 0 Å². The maximum Gasteiger partial charge on any atom is 0.354 e. The monoisotopic (exact) mass is 222 g/mol. The number of hydrogen-bond donors (Lipinski definition) is 2. The molecule has 2 N–H and O–H groups in total. The van der Waals surface area contributed by atoms with Gasteiger partial charge in [-0.2, -0.15) is 0 Å². The van der Waals surface area contributed by atoms with Crippen LogP contribution in [0.3, 0.4) is 0 Å². The maximum atomic E-state index is 11.4. The number of rotatable bonds is 4. The van der Waals surface area contributed by atoms with Crippen molar-refractivity contribution < 1.29 is 14.3 Å². The smallest absolute Gasteiger partial charge is 0.354 e. The molecule has 5 heteroatoms. The summed E-state index contributed by atoms with van der Waals surface area (Å²) in [6.45, 7) is 2.08. The van der Waals surface area contributed by atoms with Crippen molar-refractivity contribution >= 4 is 17.6 Å². The Hall–Kier alpha value is -1.78. The van der Waals surface area contributed by atoms with Gasteiger partial charge >= 0.3 is 5.97 Å². The molecule has 1 amide bonds. The Labute approximate surface area is 93.2 Å². The first-order valence-electron chi connectivity index (χ1n) is 5.37. The summed E-state index contributed by atoms with van der Waals surface area (Å²) in [7, 11) is 0. The van der Waals surface area contributed by atoms with Crippen LogP contribution in [-0.4, -0.2) is 23.5 Å². The topological polar surface area (TPSA) is 71.2 Å². The SMILES string of the molecule is CCOC(=O)c1cc(NC(=O)C2CC2)c[nH]1. The van der Waals surface area contributed by atoms with Crippen molar-refractivity contribution in [2.24, 2.45) is 5.92 Å². The van der Waals surface area contributed by atoms with E-state index in [1.165, 1.54) is 0 Å². The van der Waals surface area contributed by atoms with Crippen molar-refractivity contribution in [3.63, 3.8) is 0 Å². The summed E-state index contributed by atoms with van der Waals surface area (Å²) in [4.78, 5) is 25.5. The van der Waals surface area contributed by atoms with Gasteiger partial charge in [0.25, 0.3) is 0 Å². The molecule has 1 heterocycles. The van der Waals surface area contributed by atoms with Gasteiger partial charge in [-0.05, 0) is 25.8 Å². The van der Waals surface area contributed by atoms with Gasteiger partial charge in [-0.3, -0.25) is 4.79 Å². The number of aromatic nitrogens is 1. The van der Waals surface area contributed by atoms with Gasteiger partial charge in [0.1, 0.15) is 5.69 Å². The second-order valence-corrected chi connectivity index (χ2v) is 3.79. The van der Waals surface area contributed by atoms with E-state index in [1.54, 1.807) is 19.2 Å². The van der Waals surface area contributed by atoms with Crippen LogP contribution in [0.4, 0.5) is 5.69 Å². The molecule has 16 heavy (non-hydrogen) atoms. The van der Waals surface area contributed by atoms with Gasteiger partial charge in [-0.15, -0.1) is 0 Å². The summed E-state index contributed by atoms with van der Waals surface area (Å²) < 4.78 is 4.82. The fraction of sp³-hybridized carbons (Fsp3) is 0.455. The fourth-order valence-corrected chi connectivity index (χ4v) is 1.38. The Morgan fingerprint density at radius 2 is 2.31 bits per heavy atom. The molecule has 0 aliphatic heterocycles. The summed E-state index contributed by atoms with van der Waals surface area (Å²) in [5.41, 5.74) is 0.966. The van der Waals surface area contributed by atoms with Crippen molar-refractivity contribution in [3.05, 3.63) is 18.0 Å². The number of ether oxygens (including phenoxy) is 1. The number of carbonyl (C=O) groups excluding carboxylic acids is 2. The van der Waals surface area contributed by atoms with E-state index in [-0.39, 0.29) is 11.8 Å². The minimum absolute atomic E-state index is 0.0226. The third kappa shape index (κ3) is 2.42. The molecule has 0 aromatic carbocycles. The summed E-state index contributed by atoms with van der Waals surface area (Å²) in [5, 5.41) is 2.74. The molecule has 0 atom stereocenters. The van der Waals surface area contributed by atoms with Gasteiger partial charge in [-0.1, -0.05) is 0 Å². The lowest BCUT2D eigenvalue weighted by atomic mass is 10.3. The van der Waals surface area contributed by atoms with Crippen molar-refractivity contribution in [1.82, 2.24) is 4.98 Å². The Morgan fingerprint density at radius 1 is 1.56 bits per heavy atom. The normalized spacial score (nSPS) is 14.6. The second kappa shape index (κ2) is 4.38. The van der Waals surface area contributed by atoms with Gasteiger partial charge in [-0.25, -0.2) is 4.79 Å². The second-order valence-electron chi connectivity index (χ2n) is 3.79. The van der Waals surface area contributed by atoms with E-state index in [9.17, 15) is 9.59 Å². The van der Waals surface area contributed by atoms with Crippen LogP contribution in [0, 0.1) is 5.92 Å². The third-order valence-electron chi connectivity index (χ3n) is 2.39. The van der Waals surface area contributed by atoms with Crippen LogP contribution in [0.15, 0.2) is 12.3 Å². The molecule has 86 valence electrons. The van der Waals surface area contributed by atoms with E-state index in [4.69, 9.17) is 4.74 Å². The molecule has 1 fully saturated rings. The third-order valence-corrected chi connectivity index (χ3v) is 2.39. The molecular formula is C11H14N2O3. The van der Waals surface area contributed by atoms with E-state index < -0.39 is 5.97 Å². The zero-order valence-corrected chi connectivity index (χ0v) is 9.08. The van der Waals surface area contributed by atoms with Crippen LogP contribution >= 0.6 is 0 Å². The largest absolute Gasteiger partial charge is 0.461 e. The Bertz CT molecular complexity index is 407. The van der Waals surface area contributed by atoms with Crippen LogP contribution in [0.25, 0.3) is 0 Å². The summed E-state index contributed by atoms with van der Waals surface area (Å²) in [6, 6.07) is 1.58. The molecule has 0 radical (unpaired) electrons. The van der Waals surface area contributed by atoms with Crippen molar-refractivity contribution in [2.45, 2.75) is 19.8 Å². The summed E-state index contributed by atoms with van der Waals surface area (Å²) in [5.74, 6) is -0.232. The van der Waals surface area contributed by atoms with E-state index >= 15 is 0 Å². The van der Waals surface area contributed by atoms with Crippen LogP contribution in [-0.2, 0) is 9.53 Å². The average Bonchev–Trinajstić information content (AvgIpc) is 3.00. The first-order chi connectivity index (χ1) is 7.70. The number of nitrogens with one attached hydrogen (secondary N) is 2. The van der Waals surface area contributed by atoms with Crippen LogP contribution < -0.4 is 5.32 Å². The van der Waals surface area contributed by atoms with Gasteiger partial charge in [0.05, 0.1) is 12.3 Å². The molecule has 0 unspecified atom stereocenters. The number of amides is 1. The fourth-order valence-electron chi connectivity index (χ4n) is 1.38. The van der Waals surface area contributed by atoms with Crippen molar-refractivity contribution in [2.75, 3.05) is 11.9 Å². The lowest BCUT2D eigenvalue weighted by Gasteiger charge is -1.99. The first-order valence-corrected chi connectivity index (χ1v) is 5.37. The molecule has 1 aliphatic carbocycles.